The number of carbonyl (C=O) groups excluding carboxylic acids is 2. The third-order valence-corrected chi connectivity index (χ3v) is 5.15. The van der Waals surface area contributed by atoms with Crippen LogP contribution in [0.25, 0.3) is 0 Å². The van der Waals surface area contributed by atoms with E-state index in [1.54, 1.807) is 0 Å². The Kier molecular flexibility index (Phi) is 5.31. The predicted molar refractivity (Wildman–Crippen MR) is 88.6 cm³/mol. The lowest BCUT2D eigenvalue weighted by molar-refractivity contribution is -0.108. The summed E-state index contributed by atoms with van der Waals surface area (Å²) in [5, 5.41) is 2.85. The van der Waals surface area contributed by atoms with Crippen molar-refractivity contribution in [2.24, 2.45) is 5.92 Å². The Morgan fingerprint density at radius 1 is 1.26 bits per heavy atom. The standard InChI is InChI=1S/C19H25NO3/c21-9-1-3-14-5-6-16-12-17(8-7-15(16)11-14)18-4-2-10-23-19(22)20-13-18/h7-9,12,14,18H,1-6,10-11,13H2,(H,20,22)/t14-,18+/m1/s1. The predicted octanol–water partition coefficient (Wildman–Crippen LogP) is 3.37. The minimum absolute atomic E-state index is 0.300. The number of carbonyl (C=O) groups is 2. The Hall–Kier alpha value is -1.84. The first-order chi connectivity index (χ1) is 11.3. The van der Waals surface area contributed by atoms with Crippen LogP contribution in [0.3, 0.4) is 0 Å². The van der Waals surface area contributed by atoms with Gasteiger partial charge < -0.3 is 14.8 Å². The van der Waals surface area contributed by atoms with Crippen LogP contribution in [0.5, 0.6) is 0 Å². The molecular weight excluding hydrogens is 290 g/mol. The van der Waals surface area contributed by atoms with Gasteiger partial charge in [0.2, 0.25) is 0 Å². The maximum atomic E-state index is 11.4. The Bertz CT molecular complexity index is 570. The van der Waals surface area contributed by atoms with Crippen LogP contribution in [-0.4, -0.2) is 25.5 Å². The van der Waals surface area contributed by atoms with Crippen molar-refractivity contribution in [3.63, 3.8) is 0 Å². The molecule has 23 heavy (non-hydrogen) atoms. The van der Waals surface area contributed by atoms with Gasteiger partial charge in [-0.2, -0.15) is 0 Å². The average molecular weight is 315 g/mol. The van der Waals surface area contributed by atoms with Gasteiger partial charge in [0.15, 0.2) is 0 Å². The maximum absolute atomic E-state index is 11.4. The van der Waals surface area contributed by atoms with Gasteiger partial charge in [-0.15, -0.1) is 0 Å². The van der Waals surface area contributed by atoms with Gasteiger partial charge in [0.25, 0.3) is 0 Å². The highest BCUT2D eigenvalue weighted by Crippen LogP contribution is 2.31. The average Bonchev–Trinajstić information content (AvgIpc) is 2.56. The van der Waals surface area contributed by atoms with Crippen LogP contribution in [0.4, 0.5) is 4.79 Å². The highest BCUT2D eigenvalue weighted by molar-refractivity contribution is 5.67. The number of aldehydes is 1. The van der Waals surface area contributed by atoms with Crippen LogP contribution in [0.15, 0.2) is 18.2 Å². The molecule has 1 N–H and O–H groups in total. The molecule has 1 aliphatic heterocycles. The number of nitrogens with one attached hydrogen (secondary N) is 1. The highest BCUT2D eigenvalue weighted by Gasteiger charge is 2.21. The van der Waals surface area contributed by atoms with E-state index >= 15 is 0 Å². The molecule has 4 heteroatoms. The van der Waals surface area contributed by atoms with Crippen molar-refractivity contribution >= 4 is 12.4 Å². The van der Waals surface area contributed by atoms with E-state index in [4.69, 9.17) is 4.74 Å². The summed E-state index contributed by atoms with van der Waals surface area (Å²) in [5.74, 6) is 1.03. The molecule has 1 aliphatic carbocycles. The number of hydrogen-bond donors (Lipinski definition) is 1. The van der Waals surface area contributed by atoms with Gasteiger partial charge in [-0.3, -0.25) is 0 Å². The van der Waals surface area contributed by atoms with E-state index in [-0.39, 0.29) is 6.09 Å². The van der Waals surface area contributed by atoms with Crippen molar-refractivity contribution in [1.29, 1.82) is 0 Å². The van der Waals surface area contributed by atoms with Crippen LogP contribution in [-0.2, 0) is 22.4 Å². The van der Waals surface area contributed by atoms with E-state index in [0.717, 1.165) is 38.4 Å². The van der Waals surface area contributed by atoms with Crippen LogP contribution in [0.1, 0.15) is 54.7 Å². The molecule has 1 amide bonds. The third kappa shape index (κ3) is 4.12. The van der Waals surface area contributed by atoms with Gasteiger partial charge >= 0.3 is 6.09 Å². The van der Waals surface area contributed by atoms with Crippen LogP contribution < -0.4 is 5.32 Å². The zero-order valence-electron chi connectivity index (χ0n) is 13.6. The first-order valence-corrected chi connectivity index (χ1v) is 8.72. The second kappa shape index (κ2) is 7.62. The van der Waals surface area contributed by atoms with Crippen molar-refractivity contribution in [3.05, 3.63) is 34.9 Å². The minimum Gasteiger partial charge on any atom is -0.450 e. The molecule has 124 valence electrons. The molecule has 0 aromatic heterocycles. The Balaban J connectivity index is 1.68. The number of cyclic esters (lactones) is 1. The molecule has 2 atom stereocenters. The van der Waals surface area contributed by atoms with E-state index in [1.165, 1.54) is 23.1 Å². The molecule has 3 rings (SSSR count). The summed E-state index contributed by atoms with van der Waals surface area (Å²) in [6.07, 6.45) is 7.77. The number of alkyl carbamates (subject to hydrolysis) is 1. The molecule has 1 fully saturated rings. The van der Waals surface area contributed by atoms with E-state index in [9.17, 15) is 9.59 Å². The largest absolute Gasteiger partial charge is 0.450 e. The van der Waals surface area contributed by atoms with Gasteiger partial charge in [-0.05, 0) is 61.1 Å². The van der Waals surface area contributed by atoms with Gasteiger partial charge in [0.05, 0.1) is 6.61 Å². The number of amides is 1. The fraction of sp³-hybridized carbons (Fsp3) is 0.579. The number of hydrogen-bond acceptors (Lipinski definition) is 3. The fourth-order valence-electron chi connectivity index (χ4n) is 3.79. The summed E-state index contributed by atoms with van der Waals surface area (Å²) < 4.78 is 5.03. The monoisotopic (exact) mass is 315 g/mol. The summed E-state index contributed by atoms with van der Waals surface area (Å²) in [6, 6.07) is 6.82. The molecule has 2 aliphatic rings. The molecule has 0 spiro atoms. The molecule has 0 saturated carbocycles. The molecule has 0 bridgehead atoms. The Labute approximate surface area is 137 Å². The first kappa shape index (κ1) is 16.0. The van der Waals surface area contributed by atoms with Crippen molar-refractivity contribution in [2.75, 3.05) is 13.2 Å². The van der Waals surface area contributed by atoms with Crippen molar-refractivity contribution in [1.82, 2.24) is 5.32 Å². The lowest BCUT2D eigenvalue weighted by Crippen LogP contribution is -2.31. The van der Waals surface area contributed by atoms with E-state index in [1.807, 2.05) is 0 Å². The van der Waals surface area contributed by atoms with E-state index in [2.05, 4.69) is 23.5 Å². The molecule has 1 heterocycles. The van der Waals surface area contributed by atoms with Crippen LogP contribution in [0.2, 0.25) is 0 Å². The van der Waals surface area contributed by atoms with Crippen LogP contribution >= 0.6 is 0 Å². The summed E-state index contributed by atoms with van der Waals surface area (Å²) in [6.45, 7) is 1.16. The second-order valence-corrected chi connectivity index (χ2v) is 6.74. The Morgan fingerprint density at radius 3 is 3.04 bits per heavy atom. The van der Waals surface area contributed by atoms with Gasteiger partial charge in [0, 0.05) is 18.9 Å². The van der Waals surface area contributed by atoms with Crippen molar-refractivity contribution in [3.8, 4) is 0 Å². The van der Waals surface area contributed by atoms with E-state index < -0.39 is 0 Å². The molecular formula is C19H25NO3. The quantitative estimate of drug-likeness (QED) is 0.867. The third-order valence-electron chi connectivity index (χ3n) is 5.15. The SMILES string of the molecule is O=CCC[C@@H]1CCc2cc([C@H]3CCCOC(=O)NC3)ccc2C1. The minimum atomic E-state index is -0.300. The number of fused-ring (bicyclic) bond motifs is 1. The topological polar surface area (TPSA) is 55.4 Å². The van der Waals surface area contributed by atoms with Crippen molar-refractivity contribution in [2.45, 2.75) is 50.9 Å². The summed E-state index contributed by atoms with van der Waals surface area (Å²) in [4.78, 5) is 22.0. The molecule has 1 saturated heterocycles. The number of rotatable bonds is 4. The number of ether oxygens (including phenoxy) is 1. The van der Waals surface area contributed by atoms with Gasteiger partial charge in [-0.25, -0.2) is 4.79 Å². The van der Waals surface area contributed by atoms with Gasteiger partial charge in [-0.1, -0.05) is 18.2 Å². The number of aryl methyl sites for hydroxylation is 1. The van der Waals surface area contributed by atoms with E-state index in [0.29, 0.717) is 31.4 Å². The first-order valence-electron chi connectivity index (χ1n) is 8.72. The highest BCUT2D eigenvalue weighted by atomic mass is 16.5. The number of benzene rings is 1. The summed E-state index contributed by atoms with van der Waals surface area (Å²) >= 11 is 0. The fourth-order valence-corrected chi connectivity index (χ4v) is 3.79. The van der Waals surface area contributed by atoms with Crippen molar-refractivity contribution < 1.29 is 14.3 Å². The lowest BCUT2D eigenvalue weighted by Gasteiger charge is -2.27. The van der Waals surface area contributed by atoms with Gasteiger partial charge in [0.1, 0.15) is 6.29 Å². The molecule has 1 aromatic carbocycles. The summed E-state index contributed by atoms with van der Waals surface area (Å²) in [7, 11) is 0. The molecule has 4 nitrogen and oxygen atoms in total. The normalized spacial score (nSPS) is 24.6. The summed E-state index contributed by atoms with van der Waals surface area (Å²) in [5.41, 5.74) is 4.22. The zero-order valence-corrected chi connectivity index (χ0v) is 13.6. The Morgan fingerprint density at radius 2 is 2.17 bits per heavy atom. The second-order valence-electron chi connectivity index (χ2n) is 6.74. The molecule has 0 unspecified atom stereocenters. The smallest absolute Gasteiger partial charge is 0.407 e. The maximum Gasteiger partial charge on any atom is 0.407 e. The lowest BCUT2D eigenvalue weighted by atomic mass is 9.80. The zero-order chi connectivity index (χ0) is 16.1. The molecule has 0 radical (unpaired) electrons. The van der Waals surface area contributed by atoms with Crippen LogP contribution in [0, 0.1) is 5.92 Å². The molecule has 1 aromatic rings.